The van der Waals surface area contributed by atoms with Gasteiger partial charge >= 0.3 is 0 Å². The smallest absolute Gasteiger partial charge is 0.0961 e. The van der Waals surface area contributed by atoms with Crippen LogP contribution in [-0.2, 0) is 11.9 Å². The Kier molecular flexibility index (Phi) is 7.06. The zero-order valence-corrected chi connectivity index (χ0v) is 18.7. The van der Waals surface area contributed by atoms with E-state index in [1.807, 2.05) is 36.7 Å². The van der Waals surface area contributed by atoms with Crippen LogP contribution in [0.2, 0.25) is 0 Å². The molecule has 0 saturated heterocycles. The fourth-order valence-electron chi connectivity index (χ4n) is 2.50. The number of imidazole rings is 1. The molecule has 0 bridgehead atoms. The van der Waals surface area contributed by atoms with Crippen LogP contribution in [0.3, 0.4) is 0 Å². The quantitative estimate of drug-likeness (QED) is 0.253. The Morgan fingerprint density at radius 1 is 0.731 bits per heavy atom. The van der Waals surface area contributed by atoms with Crippen LogP contribution in [0.1, 0.15) is 11.1 Å². The van der Waals surface area contributed by atoms with E-state index in [0.29, 0.717) is 0 Å². The lowest BCUT2D eigenvalue weighted by Gasteiger charge is -2.04. The van der Waals surface area contributed by atoms with E-state index in [1.165, 1.54) is 16.6 Å². The molecule has 0 N–H and O–H groups in total. The molecule has 0 unspecified atom stereocenters. The summed E-state index contributed by atoms with van der Waals surface area (Å²) in [5, 5.41) is 0.931. The van der Waals surface area contributed by atoms with Gasteiger partial charge in [0.2, 0.25) is 0 Å². The van der Waals surface area contributed by atoms with Crippen LogP contribution >= 0.6 is 47.8 Å². The van der Waals surface area contributed by atoms with Gasteiger partial charge in [0.15, 0.2) is 0 Å². The Labute approximate surface area is 178 Å². The van der Waals surface area contributed by atoms with Crippen molar-refractivity contribution in [2.75, 3.05) is 0 Å². The summed E-state index contributed by atoms with van der Waals surface area (Å²) in [4.78, 5) is 4.39. The molecule has 0 amide bonds. The van der Waals surface area contributed by atoms with Gasteiger partial charge in [-0.1, -0.05) is 84.2 Å². The van der Waals surface area contributed by atoms with Crippen LogP contribution in [0, 0.1) is 0 Å². The maximum absolute atomic E-state index is 4.39. The van der Waals surface area contributed by atoms with Crippen LogP contribution in [0.5, 0.6) is 0 Å². The molecule has 0 fully saturated rings. The van der Waals surface area contributed by atoms with Gasteiger partial charge in [-0.15, -0.1) is 0 Å². The number of benzene rings is 3. The van der Waals surface area contributed by atoms with Crippen LogP contribution < -0.4 is 0 Å². The molecule has 0 saturated carbocycles. The summed E-state index contributed by atoms with van der Waals surface area (Å²) in [5.41, 5.74) is 4.80. The summed E-state index contributed by atoms with van der Waals surface area (Å²) < 4.78 is 4.41. The fraction of sp³-hybridized carbons (Fsp3) is 0.0952. The van der Waals surface area contributed by atoms with Crippen LogP contribution in [-0.4, -0.2) is 9.55 Å². The Hall–Kier alpha value is -1.43. The molecule has 0 spiro atoms. The van der Waals surface area contributed by atoms with Gasteiger partial charge in [-0.25, -0.2) is 4.98 Å². The summed E-state index contributed by atoms with van der Waals surface area (Å²) in [7, 11) is 0. The normalized spacial score (nSPS) is 10.4. The summed E-state index contributed by atoms with van der Waals surface area (Å²) in [6.07, 6.45) is 1.90. The first-order valence-electron chi connectivity index (χ1n) is 8.10. The minimum atomic E-state index is 0.855. The minimum absolute atomic E-state index is 0.855. The second kappa shape index (κ2) is 9.49. The number of rotatable bonds is 3. The third-order valence-electron chi connectivity index (χ3n) is 3.86. The topological polar surface area (TPSA) is 17.8 Å². The van der Waals surface area contributed by atoms with E-state index < -0.39 is 0 Å². The highest BCUT2D eigenvalue weighted by molar-refractivity contribution is 9.10. The number of hydrogen-bond acceptors (Lipinski definition) is 1. The average Bonchev–Trinajstić information content (AvgIpc) is 3.08. The first kappa shape index (κ1) is 19.3. The van der Waals surface area contributed by atoms with Crippen molar-refractivity contribution in [3.63, 3.8) is 0 Å². The Morgan fingerprint density at radius 2 is 1.31 bits per heavy atom. The van der Waals surface area contributed by atoms with Gasteiger partial charge in [-0.3, -0.25) is 0 Å². The molecule has 3 aromatic carbocycles. The van der Waals surface area contributed by atoms with Gasteiger partial charge in [-0.05, 0) is 47.5 Å². The number of fused-ring (bicyclic) bond motifs is 1. The van der Waals surface area contributed by atoms with E-state index in [1.54, 1.807) is 0 Å². The third-order valence-corrected chi connectivity index (χ3v) is 5.57. The average molecular weight is 537 g/mol. The first-order valence-corrected chi connectivity index (χ1v) is 10.8. The van der Waals surface area contributed by atoms with Crippen molar-refractivity contribution in [3.8, 4) is 0 Å². The van der Waals surface area contributed by atoms with Gasteiger partial charge in [-0.2, -0.15) is 0 Å². The van der Waals surface area contributed by atoms with E-state index >= 15 is 0 Å². The van der Waals surface area contributed by atoms with Crippen molar-refractivity contribution >= 4 is 58.8 Å². The molecule has 2 nitrogen and oxygen atoms in total. The van der Waals surface area contributed by atoms with E-state index in [9.17, 15) is 0 Å². The summed E-state index contributed by atoms with van der Waals surface area (Å²) in [5.74, 6) is 0. The molecule has 4 aromatic rings. The molecular formula is C21H17Br3N2. The van der Waals surface area contributed by atoms with E-state index in [2.05, 4.69) is 99.8 Å². The fourth-order valence-corrected chi connectivity index (χ4v) is 3.40. The Bertz CT molecular complexity index is 961. The summed E-state index contributed by atoms with van der Waals surface area (Å²) in [6.45, 7) is 0.855. The predicted octanol–water partition coefficient (Wildman–Crippen LogP) is 7.19. The number of nitrogens with zero attached hydrogens (tertiary/aromatic N) is 2. The molecule has 1 aromatic heterocycles. The molecule has 1 heterocycles. The van der Waals surface area contributed by atoms with Crippen LogP contribution in [0.4, 0.5) is 0 Å². The maximum Gasteiger partial charge on any atom is 0.0961 e. The monoisotopic (exact) mass is 534 g/mol. The lowest BCUT2D eigenvalue weighted by molar-refractivity contribution is 0.824. The molecule has 132 valence electrons. The minimum Gasteiger partial charge on any atom is -0.326 e. The van der Waals surface area contributed by atoms with Crippen molar-refractivity contribution in [1.82, 2.24) is 9.55 Å². The van der Waals surface area contributed by atoms with Crippen molar-refractivity contribution in [1.29, 1.82) is 0 Å². The Morgan fingerprint density at radius 3 is 1.92 bits per heavy atom. The first-order chi connectivity index (χ1) is 12.7. The van der Waals surface area contributed by atoms with Gasteiger partial charge in [0.25, 0.3) is 0 Å². The second-order valence-corrected chi connectivity index (χ2v) is 8.14. The Balaban J connectivity index is 0.000000185. The van der Waals surface area contributed by atoms with Crippen molar-refractivity contribution in [2.45, 2.75) is 11.9 Å². The number of alkyl halides is 1. The van der Waals surface area contributed by atoms with Crippen molar-refractivity contribution in [2.24, 2.45) is 0 Å². The zero-order chi connectivity index (χ0) is 18.4. The van der Waals surface area contributed by atoms with Crippen molar-refractivity contribution < 1.29 is 0 Å². The summed E-state index contributed by atoms with van der Waals surface area (Å²) >= 11 is 10.2. The predicted molar refractivity (Wildman–Crippen MR) is 120 cm³/mol. The molecule has 5 heteroatoms. The van der Waals surface area contributed by atoms with Gasteiger partial charge < -0.3 is 4.57 Å². The number of halogens is 3. The lowest BCUT2D eigenvalue weighted by Crippen LogP contribution is -1.97. The molecule has 0 aliphatic rings. The molecule has 0 atom stereocenters. The standard InChI is InChI=1S/C14H11BrN2.C7H6Br2/c15-12-7-5-11(6-8-12)9-17-10-16-13-3-1-2-4-14(13)17;8-5-6-1-3-7(9)4-2-6/h1-8,10H,9H2;1-4H,5H2. The molecule has 26 heavy (non-hydrogen) atoms. The van der Waals surface area contributed by atoms with Crippen molar-refractivity contribution in [3.05, 3.63) is 99.2 Å². The van der Waals surface area contributed by atoms with Gasteiger partial charge in [0, 0.05) is 20.8 Å². The molecule has 0 radical (unpaired) electrons. The molecule has 0 aliphatic carbocycles. The summed E-state index contributed by atoms with van der Waals surface area (Å²) in [6, 6.07) is 24.8. The highest BCUT2D eigenvalue weighted by atomic mass is 79.9. The van der Waals surface area contributed by atoms with E-state index in [-0.39, 0.29) is 0 Å². The van der Waals surface area contributed by atoms with Crippen LogP contribution in [0.15, 0.2) is 88.1 Å². The second-order valence-electron chi connectivity index (χ2n) is 5.75. The number of para-hydroxylation sites is 2. The highest BCUT2D eigenvalue weighted by Crippen LogP contribution is 2.16. The van der Waals surface area contributed by atoms with Crippen LogP contribution in [0.25, 0.3) is 11.0 Å². The zero-order valence-electron chi connectivity index (χ0n) is 13.9. The number of hydrogen-bond donors (Lipinski definition) is 0. The third kappa shape index (κ3) is 5.29. The molecular weight excluding hydrogens is 520 g/mol. The maximum atomic E-state index is 4.39. The number of aromatic nitrogens is 2. The molecule has 4 rings (SSSR count). The van der Waals surface area contributed by atoms with Gasteiger partial charge in [0.1, 0.15) is 0 Å². The van der Waals surface area contributed by atoms with E-state index in [0.717, 1.165) is 26.3 Å². The SMILES string of the molecule is BrCc1ccc(Br)cc1.Brc1ccc(Cn2cnc3ccccc32)cc1. The van der Waals surface area contributed by atoms with Gasteiger partial charge in [0.05, 0.1) is 17.4 Å². The van der Waals surface area contributed by atoms with E-state index in [4.69, 9.17) is 0 Å². The highest BCUT2D eigenvalue weighted by Gasteiger charge is 2.01. The largest absolute Gasteiger partial charge is 0.326 e. The lowest BCUT2D eigenvalue weighted by atomic mass is 10.2. The molecule has 0 aliphatic heterocycles.